The van der Waals surface area contributed by atoms with Gasteiger partial charge in [0.2, 0.25) is 0 Å². The number of anilines is 1. The second-order valence-corrected chi connectivity index (χ2v) is 4.41. The summed E-state index contributed by atoms with van der Waals surface area (Å²) in [5, 5.41) is 19.4. The predicted molar refractivity (Wildman–Crippen MR) is 77.3 cm³/mol. The molecule has 0 unspecified atom stereocenters. The number of benzene rings is 1. The van der Waals surface area contributed by atoms with Crippen molar-refractivity contribution >= 4 is 5.69 Å². The number of aromatic nitrogens is 3. The van der Waals surface area contributed by atoms with Crippen molar-refractivity contribution in [3.05, 3.63) is 60.6 Å². The van der Waals surface area contributed by atoms with E-state index in [9.17, 15) is 5.11 Å². The van der Waals surface area contributed by atoms with Gasteiger partial charge >= 0.3 is 0 Å². The van der Waals surface area contributed by atoms with Crippen molar-refractivity contribution in [2.45, 2.75) is 6.54 Å². The summed E-state index contributed by atoms with van der Waals surface area (Å²) >= 11 is 0. The first-order valence-corrected chi connectivity index (χ1v) is 6.29. The van der Waals surface area contributed by atoms with Gasteiger partial charge in [-0.25, -0.2) is 0 Å². The van der Waals surface area contributed by atoms with Gasteiger partial charge in [0.15, 0.2) is 0 Å². The molecular weight excluding hydrogens is 252 g/mol. The molecule has 0 aliphatic carbocycles. The largest absolute Gasteiger partial charge is 0.506 e. The standard InChI is InChI=1S/C15H14N4O/c20-14-5-4-13(17-10-14)9-16-12-3-1-2-11(8-12)15-6-7-18-19-15/h1-8,10,16,20H,9H2,(H,18,19). The number of hydrogen-bond acceptors (Lipinski definition) is 4. The molecule has 3 rings (SSSR count). The molecule has 100 valence electrons. The minimum Gasteiger partial charge on any atom is -0.506 e. The molecule has 3 N–H and O–H groups in total. The highest BCUT2D eigenvalue weighted by Crippen LogP contribution is 2.20. The molecule has 0 saturated heterocycles. The Morgan fingerprint density at radius 3 is 2.85 bits per heavy atom. The first-order chi connectivity index (χ1) is 9.81. The Kier molecular flexibility index (Phi) is 3.33. The van der Waals surface area contributed by atoms with Gasteiger partial charge in [0.05, 0.1) is 24.1 Å². The maximum absolute atomic E-state index is 9.19. The van der Waals surface area contributed by atoms with Crippen molar-refractivity contribution in [1.29, 1.82) is 0 Å². The molecule has 0 saturated carbocycles. The van der Waals surface area contributed by atoms with Crippen LogP contribution in [0.15, 0.2) is 54.9 Å². The van der Waals surface area contributed by atoms with Gasteiger partial charge in [0.25, 0.3) is 0 Å². The van der Waals surface area contributed by atoms with Crippen LogP contribution in [0.1, 0.15) is 5.69 Å². The van der Waals surface area contributed by atoms with Crippen molar-refractivity contribution in [2.24, 2.45) is 0 Å². The predicted octanol–water partition coefficient (Wildman–Crippen LogP) is 2.79. The summed E-state index contributed by atoms with van der Waals surface area (Å²) in [6.45, 7) is 0.604. The van der Waals surface area contributed by atoms with E-state index in [4.69, 9.17) is 0 Å². The third-order valence-electron chi connectivity index (χ3n) is 2.96. The van der Waals surface area contributed by atoms with E-state index in [2.05, 4.69) is 20.5 Å². The highest BCUT2D eigenvalue weighted by molar-refractivity contribution is 5.64. The SMILES string of the molecule is Oc1ccc(CNc2cccc(-c3ccn[nH]3)c2)nc1. The molecule has 3 aromatic rings. The molecule has 0 aliphatic heterocycles. The number of pyridine rings is 1. The molecule has 5 heteroatoms. The zero-order valence-electron chi connectivity index (χ0n) is 10.7. The van der Waals surface area contributed by atoms with Gasteiger partial charge in [-0.1, -0.05) is 12.1 Å². The van der Waals surface area contributed by atoms with E-state index in [0.29, 0.717) is 6.54 Å². The van der Waals surface area contributed by atoms with Crippen LogP contribution < -0.4 is 5.32 Å². The van der Waals surface area contributed by atoms with Gasteiger partial charge in [-0.05, 0) is 30.3 Å². The summed E-state index contributed by atoms with van der Waals surface area (Å²) < 4.78 is 0. The van der Waals surface area contributed by atoms with Gasteiger partial charge in [-0.2, -0.15) is 5.10 Å². The number of H-pyrrole nitrogens is 1. The normalized spacial score (nSPS) is 10.4. The number of nitrogens with one attached hydrogen (secondary N) is 2. The molecule has 0 radical (unpaired) electrons. The first-order valence-electron chi connectivity index (χ1n) is 6.29. The van der Waals surface area contributed by atoms with Gasteiger partial charge in [0, 0.05) is 17.4 Å². The van der Waals surface area contributed by atoms with Crippen molar-refractivity contribution in [3.63, 3.8) is 0 Å². The Bertz CT molecular complexity index is 677. The van der Waals surface area contributed by atoms with Gasteiger partial charge in [-0.15, -0.1) is 0 Å². The molecule has 0 atom stereocenters. The topological polar surface area (TPSA) is 73.8 Å². The minimum absolute atomic E-state index is 0.176. The van der Waals surface area contributed by atoms with Crippen LogP contribution in [0.4, 0.5) is 5.69 Å². The second-order valence-electron chi connectivity index (χ2n) is 4.41. The van der Waals surface area contributed by atoms with Gasteiger partial charge in [-0.3, -0.25) is 10.1 Å². The molecule has 1 aromatic carbocycles. The molecule has 20 heavy (non-hydrogen) atoms. The third-order valence-corrected chi connectivity index (χ3v) is 2.96. The Morgan fingerprint density at radius 2 is 2.10 bits per heavy atom. The van der Waals surface area contributed by atoms with Crippen LogP contribution in [-0.4, -0.2) is 20.3 Å². The van der Waals surface area contributed by atoms with Crippen LogP contribution in [0, 0.1) is 0 Å². The van der Waals surface area contributed by atoms with E-state index in [0.717, 1.165) is 22.6 Å². The van der Waals surface area contributed by atoms with Crippen LogP contribution in [0.3, 0.4) is 0 Å². The fraction of sp³-hybridized carbons (Fsp3) is 0.0667. The summed E-state index contributed by atoms with van der Waals surface area (Å²) in [5.74, 6) is 0.176. The fourth-order valence-electron chi connectivity index (χ4n) is 1.93. The number of hydrogen-bond donors (Lipinski definition) is 3. The van der Waals surface area contributed by atoms with Crippen LogP contribution in [-0.2, 0) is 6.54 Å². The summed E-state index contributed by atoms with van der Waals surface area (Å²) in [6.07, 6.45) is 3.17. The van der Waals surface area contributed by atoms with E-state index in [1.165, 1.54) is 6.20 Å². The molecule has 2 aromatic heterocycles. The Morgan fingerprint density at radius 1 is 1.15 bits per heavy atom. The molecule has 0 amide bonds. The van der Waals surface area contributed by atoms with Crippen LogP contribution in [0.5, 0.6) is 5.75 Å². The van der Waals surface area contributed by atoms with Crippen molar-refractivity contribution in [1.82, 2.24) is 15.2 Å². The molecule has 0 spiro atoms. The summed E-state index contributed by atoms with van der Waals surface area (Å²) in [5.41, 5.74) is 3.93. The molecule has 0 fully saturated rings. The van der Waals surface area contributed by atoms with Crippen LogP contribution >= 0.6 is 0 Å². The van der Waals surface area contributed by atoms with Crippen LogP contribution in [0.25, 0.3) is 11.3 Å². The Balaban J connectivity index is 1.72. The van der Waals surface area contributed by atoms with Crippen molar-refractivity contribution in [3.8, 4) is 17.0 Å². The highest BCUT2D eigenvalue weighted by atomic mass is 16.3. The molecule has 5 nitrogen and oxygen atoms in total. The lowest BCUT2D eigenvalue weighted by Crippen LogP contribution is -2.01. The Hall–Kier alpha value is -2.82. The molecular formula is C15H14N4O. The summed E-state index contributed by atoms with van der Waals surface area (Å²) in [7, 11) is 0. The van der Waals surface area contributed by atoms with E-state index < -0.39 is 0 Å². The number of aromatic amines is 1. The molecule has 2 heterocycles. The average molecular weight is 266 g/mol. The van der Waals surface area contributed by atoms with E-state index in [-0.39, 0.29) is 5.75 Å². The minimum atomic E-state index is 0.176. The van der Waals surface area contributed by atoms with E-state index >= 15 is 0 Å². The smallest absolute Gasteiger partial charge is 0.133 e. The van der Waals surface area contributed by atoms with Gasteiger partial charge in [0.1, 0.15) is 5.75 Å². The third kappa shape index (κ3) is 2.77. The van der Waals surface area contributed by atoms with Gasteiger partial charge < -0.3 is 10.4 Å². The Labute approximate surface area is 116 Å². The lowest BCUT2D eigenvalue weighted by Gasteiger charge is -2.07. The lowest BCUT2D eigenvalue weighted by molar-refractivity contribution is 0.472. The molecule has 0 aliphatic rings. The summed E-state index contributed by atoms with van der Waals surface area (Å²) in [4.78, 5) is 4.14. The lowest BCUT2D eigenvalue weighted by atomic mass is 10.1. The fourth-order valence-corrected chi connectivity index (χ4v) is 1.93. The highest BCUT2D eigenvalue weighted by Gasteiger charge is 2.01. The van der Waals surface area contributed by atoms with Crippen molar-refractivity contribution in [2.75, 3.05) is 5.32 Å². The maximum atomic E-state index is 9.19. The maximum Gasteiger partial charge on any atom is 0.133 e. The first kappa shape index (κ1) is 12.2. The van der Waals surface area contributed by atoms with Crippen LogP contribution in [0.2, 0.25) is 0 Å². The average Bonchev–Trinajstić information content (AvgIpc) is 3.01. The summed E-state index contributed by atoms with van der Waals surface area (Å²) in [6, 6.07) is 13.4. The van der Waals surface area contributed by atoms with Crippen molar-refractivity contribution < 1.29 is 5.11 Å². The quantitative estimate of drug-likeness (QED) is 0.679. The second kappa shape index (κ2) is 5.44. The molecule has 0 bridgehead atoms. The number of aromatic hydroxyl groups is 1. The zero-order chi connectivity index (χ0) is 13.8. The zero-order valence-corrected chi connectivity index (χ0v) is 10.7. The van der Waals surface area contributed by atoms with E-state index in [1.54, 1.807) is 18.3 Å². The monoisotopic (exact) mass is 266 g/mol. The number of nitrogens with zero attached hydrogens (tertiary/aromatic N) is 2. The number of rotatable bonds is 4. The van der Waals surface area contributed by atoms with E-state index in [1.807, 2.05) is 30.3 Å².